The third kappa shape index (κ3) is 6.29. The van der Waals surface area contributed by atoms with Crippen molar-refractivity contribution in [1.29, 1.82) is 0 Å². The van der Waals surface area contributed by atoms with Crippen LogP contribution in [0.15, 0.2) is 54.6 Å². The van der Waals surface area contributed by atoms with E-state index in [1.807, 2.05) is 42.5 Å². The average Bonchev–Trinajstić information content (AvgIpc) is 2.62. The second kappa shape index (κ2) is 9.92. The minimum atomic E-state index is -0.924. The Hall–Kier alpha value is -2.23. The van der Waals surface area contributed by atoms with Gasteiger partial charge in [-0.3, -0.25) is 9.59 Å². The number of carbonyl (C=O) groups excluding carboxylic acids is 1. The predicted octanol–water partition coefficient (Wildman–Crippen LogP) is 2.28. The third-order valence-corrected chi connectivity index (χ3v) is 4.06. The lowest BCUT2D eigenvalue weighted by atomic mass is 10.0. The number of benzene rings is 2. The summed E-state index contributed by atoms with van der Waals surface area (Å²) in [5, 5.41) is 14.4. The molecule has 25 heavy (non-hydrogen) atoms. The second-order valence-corrected chi connectivity index (χ2v) is 6.07. The van der Waals surface area contributed by atoms with Crippen LogP contribution in [0.4, 0.5) is 0 Å². The van der Waals surface area contributed by atoms with E-state index in [2.05, 4.69) is 32.0 Å². The van der Waals surface area contributed by atoms with Gasteiger partial charge in [0.1, 0.15) is 0 Å². The van der Waals surface area contributed by atoms with Crippen molar-refractivity contribution in [3.8, 4) is 11.1 Å². The smallest absolute Gasteiger partial charge is 0.305 e. The molecule has 3 N–H and O–H groups in total. The fraction of sp³-hybridized carbons (Fsp3) is 0.263. The van der Waals surface area contributed by atoms with Crippen LogP contribution < -0.4 is 10.6 Å². The van der Waals surface area contributed by atoms with E-state index >= 15 is 0 Å². The summed E-state index contributed by atoms with van der Waals surface area (Å²) >= 11 is 0. The molecule has 132 valence electrons. The molecule has 0 saturated heterocycles. The van der Waals surface area contributed by atoms with Crippen LogP contribution in [-0.4, -0.2) is 35.9 Å². The number of carboxylic acid groups (broad SMARTS) is 1. The predicted molar refractivity (Wildman–Crippen MR) is 102 cm³/mol. The standard InChI is InChI=1S/C19H23N2O3P/c22-18(23)10-11-20-19(24)17(21-13-25)12-14-6-8-16(9-7-14)15-4-2-1-3-5-15/h1-9,17,21H,10-13,25H2,(H,20,24)(H,22,23). The maximum absolute atomic E-state index is 12.2. The van der Waals surface area contributed by atoms with Crippen molar-refractivity contribution in [2.45, 2.75) is 18.9 Å². The Balaban J connectivity index is 1.99. The maximum Gasteiger partial charge on any atom is 0.305 e. The first kappa shape index (κ1) is 19.1. The van der Waals surface area contributed by atoms with Crippen molar-refractivity contribution in [1.82, 2.24) is 10.6 Å². The number of carbonyl (C=O) groups is 2. The normalized spacial score (nSPS) is 11.7. The highest BCUT2D eigenvalue weighted by Gasteiger charge is 2.17. The zero-order valence-electron chi connectivity index (χ0n) is 13.9. The topological polar surface area (TPSA) is 78.4 Å². The molecule has 0 aliphatic heterocycles. The molecular formula is C19H23N2O3P. The Morgan fingerprint density at radius 3 is 2.24 bits per heavy atom. The zero-order chi connectivity index (χ0) is 18.1. The molecule has 0 bridgehead atoms. The van der Waals surface area contributed by atoms with E-state index < -0.39 is 12.0 Å². The highest BCUT2D eigenvalue weighted by Crippen LogP contribution is 2.19. The highest BCUT2D eigenvalue weighted by atomic mass is 31.0. The number of hydrogen-bond donors (Lipinski definition) is 3. The molecule has 2 rings (SSSR count). The van der Waals surface area contributed by atoms with Crippen molar-refractivity contribution in [2.24, 2.45) is 0 Å². The fourth-order valence-electron chi connectivity index (χ4n) is 2.52. The molecule has 2 atom stereocenters. The van der Waals surface area contributed by atoms with Gasteiger partial charge in [-0.2, -0.15) is 0 Å². The molecule has 0 fully saturated rings. The zero-order valence-corrected chi connectivity index (χ0v) is 15.1. The molecule has 2 unspecified atom stereocenters. The third-order valence-electron chi connectivity index (χ3n) is 3.82. The van der Waals surface area contributed by atoms with E-state index in [0.717, 1.165) is 16.7 Å². The first-order valence-corrected chi connectivity index (χ1v) is 8.99. The molecule has 0 heterocycles. The van der Waals surface area contributed by atoms with Gasteiger partial charge in [-0.25, -0.2) is 0 Å². The molecular weight excluding hydrogens is 335 g/mol. The van der Waals surface area contributed by atoms with Crippen molar-refractivity contribution in [3.63, 3.8) is 0 Å². The molecule has 6 heteroatoms. The quantitative estimate of drug-likeness (QED) is 0.601. The van der Waals surface area contributed by atoms with E-state index in [1.165, 1.54) is 0 Å². The summed E-state index contributed by atoms with van der Waals surface area (Å²) in [4.78, 5) is 22.8. The van der Waals surface area contributed by atoms with Gasteiger partial charge in [0.05, 0.1) is 12.5 Å². The number of amides is 1. The fourth-order valence-corrected chi connectivity index (χ4v) is 2.80. The van der Waals surface area contributed by atoms with Gasteiger partial charge in [0.15, 0.2) is 0 Å². The van der Waals surface area contributed by atoms with Gasteiger partial charge in [-0.15, -0.1) is 9.24 Å². The van der Waals surface area contributed by atoms with Crippen LogP contribution in [0.25, 0.3) is 11.1 Å². The molecule has 0 spiro atoms. The van der Waals surface area contributed by atoms with Gasteiger partial charge < -0.3 is 15.7 Å². The SMILES string of the molecule is O=C(O)CCNC(=O)C(Cc1ccc(-c2ccccc2)cc1)NCP. The average molecular weight is 358 g/mol. The number of nitrogens with one attached hydrogen (secondary N) is 2. The monoisotopic (exact) mass is 358 g/mol. The van der Waals surface area contributed by atoms with Crippen LogP contribution in [0.1, 0.15) is 12.0 Å². The Morgan fingerprint density at radius 2 is 1.64 bits per heavy atom. The van der Waals surface area contributed by atoms with Crippen LogP contribution in [0.5, 0.6) is 0 Å². The molecule has 0 aliphatic rings. The summed E-state index contributed by atoms with van der Waals surface area (Å²) < 4.78 is 0. The highest BCUT2D eigenvalue weighted by molar-refractivity contribution is 7.16. The van der Waals surface area contributed by atoms with Crippen LogP contribution in [0.2, 0.25) is 0 Å². The summed E-state index contributed by atoms with van der Waals surface area (Å²) in [6.45, 7) is 0.135. The summed E-state index contributed by atoms with van der Waals surface area (Å²) in [7, 11) is 2.54. The van der Waals surface area contributed by atoms with Gasteiger partial charge in [0, 0.05) is 12.8 Å². The lowest BCUT2D eigenvalue weighted by Gasteiger charge is -2.17. The maximum atomic E-state index is 12.2. The van der Waals surface area contributed by atoms with Gasteiger partial charge in [-0.05, 0) is 23.1 Å². The summed E-state index contributed by atoms with van der Waals surface area (Å²) in [5.41, 5.74) is 3.33. The van der Waals surface area contributed by atoms with Gasteiger partial charge in [-0.1, -0.05) is 54.6 Å². The molecule has 5 nitrogen and oxygen atoms in total. The van der Waals surface area contributed by atoms with E-state index in [9.17, 15) is 9.59 Å². The Labute approximate surface area is 150 Å². The lowest BCUT2D eigenvalue weighted by Crippen LogP contribution is -2.45. The van der Waals surface area contributed by atoms with Crippen LogP contribution in [-0.2, 0) is 16.0 Å². The molecule has 0 saturated carbocycles. The summed E-state index contributed by atoms with van der Waals surface area (Å²) in [6, 6.07) is 17.8. The molecule has 0 aromatic heterocycles. The van der Waals surface area contributed by atoms with Crippen molar-refractivity contribution >= 4 is 21.1 Å². The van der Waals surface area contributed by atoms with Crippen LogP contribution in [0.3, 0.4) is 0 Å². The van der Waals surface area contributed by atoms with Crippen molar-refractivity contribution in [3.05, 3.63) is 60.2 Å². The minimum absolute atomic E-state index is 0.0783. The summed E-state index contributed by atoms with van der Waals surface area (Å²) in [6.07, 6.45) is 1.05. The number of carboxylic acids is 1. The van der Waals surface area contributed by atoms with E-state index in [4.69, 9.17) is 5.11 Å². The number of aliphatic carboxylic acids is 1. The van der Waals surface area contributed by atoms with E-state index in [-0.39, 0.29) is 18.9 Å². The first-order chi connectivity index (χ1) is 12.1. The number of hydrogen-bond acceptors (Lipinski definition) is 3. The van der Waals surface area contributed by atoms with E-state index in [0.29, 0.717) is 12.7 Å². The molecule has 2 aromatic rings. The molecule has 2 aromatic carbocycles. The van der Waals surface area contributed by atoms with Gasteiger partial charge in [0.25, 0.3) is 0 Å². The van der Waals surface area contributed by atoms with Crippen molar-refractivity contribution < 1.29 is 14.7 Å². The Morgan fingerprint density at radius 1 is 1.00 bits per heavy atom. The van der Waals surface area contributed by atoms with Crippen LogP contribution >= 0.6 is 9.24 Å². The van der Waals surface area contributed by atoms with Gasteiger partial charge >= 0.3 is 5.97 Å². The largest absolute Gasteiger partial charge is 0.481 e. The second-order valence-electron chi connectivity index (χ2n) is 5.66. The van der Waals surface area contributed by atoms with E-state index in [1.54, 1.807) is 0 Å². The summed E-state index contributed by atoms with van der Waals surface area (Å²) in [5.74, 6) is -1.11. The minimum Gasteiger partial charge on any atom is -0.481 e. The first-order valence-electron chi connectivity index (χ1n) is 8.17. The molecule has 0 aliphatic carbocycles. The van der Waals surface area contributed by atoms with Gasteiger partial charge in [0.2, 0.25) is 5.91 Å². The molecule has 1 amide bonds. The Kier molecular flexibility index (Phi) is 7.58. The number of rotatable bonds is 9. The van der Waals surface area contributed by atoms with Crippen LogP contribution in [0, 0.1) is 0 Å². The molecule has 0 radical (unpaired) electrons. The van der Waals surface area contributed by atoms with Crippen molar-refractivity contribution in [2.75, 3.05) is 12.8 Å². The Bertz CT molecular complexity index is 690. The lowest BCUT2D eigenvalue weighted by molar-refractivity contribution is -0.137.